The van der Waals surface area contributed by atoms with Crippen LogP contribution in [0.15, 0.2) is 53.6 Å². The largest absolute Gasteiger partial charge is 0.326 e. The number of hydrogen-bond donors (Lipinski definition) is 2. The van der Waals surface area contributed by atoms with Crippen LogP contribution in [0.2, 0.25) is 0 Å². The highest BCUT2D eigenvalue weighted by Crippen LogP contribution is 2.08. The number of carbonyl (C=O) groups excluding carboxylic acids is 2. The molecule has 0 saturated heterocycles. The zero-order valence-electron chi connectivity index (χ0n) is 12.8. The van der Waals surface area contributed by atoms with Gasteiger partial charge in [0.25, 0.3) is 5.91 Å². The SMILES string of the molecule is C/C(CC(=O)Nc1ccc(F)cc1)=N/NC(=O)c1ccc(F)cc1. The first kappa shape index (κ1) is 17.3. The summed E-state index contributed by atoms with van der Waals surface area (Å²) in [6, 6.07) is 10.3. The molecule has 7 heteroatoms. The Labute approximate surface area is 137 Å². The van der Waals surface area contributed by atoms with Crippen LogP contribution in [0.5, 0.6) is 0 Å². The maximum Gasteiger partial charge on any atom is 0.271 e. The predicted octanol–water partition coefficient (Wildman–Crippen LogP) is 3.10. The van der Waals surface area contributed by atoms with E-state index in [9.17, 15) is 18.4 Å². The average Bonchev–Trinajstić information content (AvgIpc) is 2.55. The van der Waals surface area contributed by atoms with E-state index in [4.69, 9.17) is 0 Å². The number of anilines is 1. The number of hydrazone groups is 1. The number of nitrogens with one attached hydrogen (secondary N) is 2. The Bertz CT molecular complexity index is 756. The zero-order chi connectivity index (χ0) is 17.5. The van der Waals surface area contributed by atoms with Crippen molar-refractivity contribution < 1.29 is 18.4 Å². The van der Waals surface area contributed by atoms with Gasteiger partial charge in [0.15, 0.2) is 0 Å². The van der Waals surface area contributed by atoms with E-state index in [0.717, 1.165) is 0 Å². The number of rotatable bonds is 5. The Balaban J connectivity index is 1.86. The van der Waals surface area contributed by atoms with Crippen LogP contribution in [0.25, 0.3) is 0 Å². The molecule has 2 N–H and O–H groups in total. The van der Waals surface area contributed by atoms with Crippen molar-refractivity contribution in [2.75, 3.05) is 5.32 Å². The van der Waals surface area contributed by atoms with Crippen LogP contribution < -0.4 is 10.7 Å². The lowest BCUT2D eigenvalue weighted by Crippen LogP contribution is -2.21. The van der Waals surface area contributed by atoms with Gasteiger partial charge in [0.2, 0.25) is 5.91 Å². The Morgan fingerprint density at radius 3 is 2.08 bits per heavy atom. The molecule has 2 aromatic carbocycles. The molecular formula is C17H15F2N3O2. The van der Waals surface area contributed by atoms with Crippen LogP contribution in [0.4, 0.5) is 14.5 Å². The van der Waals surface area contributed by atoms with Gasteiger partial charge in [0.1, 0.15) is 11.6 Å². The van der Waals surface area contributed by atoms with E-state index in [2.05, 4.69) is 15.8 Å². The lowest BCUT2D eigenvalue weighted by atomic mass is 10.2. The van der Waals surface area contributed by atoms with Crippen molar-refractivity contribution in [2.24, 2.45) is 5.10 Å². The molecule has 0 radical (unpaired) electrons. The second-order valence-electron chi connectivity index (χ2n) is 5.03. The summed E-state index contributed by atoms with van der Waals surface area (Å²) in [5.74, 6) is -1.69. The van der Waals surface area contributed by atoms with Crippen LogP contribution in [0, 0.1) is 11.6 Å². The molecule has 0 aromatic heterocycles. The first-order valence-corrected chi connectivity index (χ1v) is 7.08. The molecular weight excluding hydrogens is 316 g/mol. The van der Waals surface area contributed by atoms with Gasteiger partial charge in [0, 0.05) is 17.0 Å². The summed E-state index contributed by atoms with van der Waals surface area (Å²) in [5, 5.41) is 6.41. The molecule has 0 aliphatic rings. The number of amides is 2. The lowest BCUT2D eigenvalue weighted by Gasteiger charge is -2.05. The summed E-state index contributed by atoms with van der Waals surface area (Å²) < 4.78 is 25.6. The van der Waals surface area contributed by atoms with Crippen LogP contribution >= 0.6 is 0 Å². The molecule has 2 rings (SSSR count). The quantitative estimate of drug-likeness (QED) is 0.653. The normalized spacial score (nSPS) is 11.0. The molecule has 0 saturated carbocycles. The number of hydrogen-bond acceptors (Lipinski definition) is 3. The minimum absolute atomic E-state index is 0.0406. The van der Waals surface area contributed by atoms with Gasteiger partial charge in [-0.1, -0.05) is 0 Å². The van der Waals surface area contributed by atoms with Gasteiger partial charge in [-0.25, -0.2) is 14.2 Å². The highest BCUT2D eigenvalue weighted by atomic mass is 19.1. The molecule has 0 fully saturated rings. The molecule has 2 aromatic rings. The molecule has 124 valence electrons. The van der Waals surface area contributed by atoms with Crippen molar-refractivity contribution in [3.8, 4) is 0 Å². The van der Waals surface area contributed by atoms with E-state index < -0.39 is 17.5 Å². The summed E-state index contributed by atoms with van der Waals surface area (Å²) in [4.78, 5) is 23.6. The number of halogens is 2. The first-order valence-electron chi connectivity index (χ1n) is 7.08. The molecule has 0 bridgehead atoms. The van der Waals surface area contributed by atoms with Crippen LogP contribution in [-0.2, 0) is 4.79 Å². The van der Waals surface area contributed by atoms with Crippen molar-refractivity contribution in [1.82, 2.24) is 5.43 Å². The number of nitrogens with zero attached hydrogens (tertiary/aromatic N) is 1. The van der Waals surface area contributed by atoms with E-state index >= 15 is 0 Å². The molecule has 0 unspecified atom stereocenters. The maximum atomic E-state index is 12.8. The van der Waals surface area contributed by atoms with Crippen molar-refractivity contribution in [1.29, 1.82) is 0 Å². The Morgan fingerprint density at radius 1 is 0.958 bits per heavy atom. The van der Waals surface area contributed by atoms with E-state index in [1.54, 1.807) is 6.92 Å². The van der Waals surface area contributed by atoms with Gasteiger partial charge in [-0.3, -0.25) is 9.59 Å². The third-order valence-electron chi connectivity index (χ3n) is 3.00. The van der Waals surface area contributed by atoms with Crippen LogP contribution in [-0.4, -0.2) is 17.5 Å². The maximum absolute atomic E-state index is 12.8. The van der Waals surface area contributed by atoms with Gasteiger partial charge in [-0.2, -0.15) is 5.10 Å². The number of benzene rings is 2. The molecule has 2 amide bonds. The predicted molar refractivity (Wildman–Crippen MR) is 86.6 cm³/mol. The standard InChI is InChI=1S/C17H15F2N3O2/c1-11(10-16(23)20-15-8-6-14(19)7-9-15)21-22-17(24)12-2-4-13(18)5-3-12/h2-9H,10H2,1H3,(H,20,23)(H,22,24)/b21-11-. The minimum Gasteiger partial charge on any atom is -0.326 e. The smallest absolute Gasteiger partial charge is 0.271 e. The molecule has 0 aliphatic carbocycles. The lowest BCUT2D eigenvalue weighted by molar-refractivity contribution is -0.115. The topological polar surface area (TPSA) is 70.6 Å². The Hall–Kier alpha value is -3.09. The summed E-state index contributed by atoms with van der Waals surface area (Å²) in [7, 11) is 0. The second-order valence-corrected chi connectivity index (χ2v) is 5.03. The summed E-state index contributed by atoms with van der Waals surface area (Å²) >= 11 is 0. The average molecular weight is 331 g/mol. The van der Waals surface area contributed by atoms with Gasteiger partial charge >= 0.3 is 0 Å². The molecule has 0 spiro atoms. The van der Waals surface area contributed by atoms with Crippen molar-refractivity contribution in [2.45, 2.75) is 13.3 Å². The van der Waals surface area contributed by atoms with Crippen LogP contribution in [0.3, 0.4) is 0 Å². The van der Waals surface area contributed by atoms with E-state index in [0.29, 0.717) is 11.4 Å². The fourth-order valence-corrected chi connectivity index (χ4v) is 1.82. The fraction of sp³-hybridized carbons (Fsp3) is 0.118. The molecule has 0 aliphatic heterocycles. The minimum atomic E-state index is -0.506. The monoisotopic (exact) mass is 331 g/mol. The highest BCUT2D eigenvalue weighted by Gasteiger charge is 2.07. The van der Waals surface area contributed by atoms with Crippen LogP contribution in [0.1, 0.15) is 23.7 Å². The summed E-state index contributed by atoms with van der Waals surface area (Å²) in [6.45, 7) is 1.58. The molecule has 0 atom stereocenters. The third-order valence-corrected chi connectivity index (χ3v) is 3.00. The highest BCUT2D eigenvalue weighted by molar-refractivity contribution is 6.06. The van der Waals surface area contributed by atoms with Gasteiger partial charge in [-0.05, 0) is 55.5 Å². The molecule has 0 heterocycles. The van der Waals surface area contributed by atoms with Gasteiger partial charge in [-0.15, -0.1) is 0 Å². The molecule has 5 nitrogen and oxygen atoms in total. The second kappa shape index (κ2) is 7.96. The van der Waals surface area contributed by atoms with E-state index in [1.807, 2.05) is 0 Å². The fourth-order valence-electron chi connectivity index (χ4n) is 1.82. The van der Waals surface area contributed by atoms with Gasteiger partial charge in [0.05, 0.1) is 6.42 Å². The number of carbonyl (C=O) groups is 2. The Kier molecular flexibility index (Phi) is 5.73. The first-order chi connectivity index (χ1) is 11.4. The van der Waals surface area contributed by atoms with E-state index in [1.165, 1.54) is 48.5 Å². The third kappa shape index (κ3) is 5.28. The summed E-state index contributed by atoms with van der Waals surface area (Å²) in [5.41, 5.74) is 3.39. The Morgan fingerprint density at radius 2 is 1.50 bits per heavy atom. The van der Waals surface area contributed by atoms with Gasteiger partial charge < -0.3 is 5.32 Å². The van der Waals surface area contributed by atoms with E-state index in [-0.39, 0.29) is 17.9 Å². The summed E-state index contributed by atoms with van der Waals surface area (Å²) in [6.07, 6.45) is -0.0406. The van der Waals surface area contributed by atoms with Crippen molar-refractivity contribution in [3.63, 3.8) is 0 Å². The van der Waals surface area contributed by atoms with Crippen molar-refractivity contribution >= 4 is 23.2 Å². The zero-order valence-corrected chi connectivity index (χ0v) is 12.8. The van der Waals surface area contributed by atoms with Crippen molar-refractivity contribution in [3.05, 3.63) is 65.7 Å². The molecule has 24 heavy (non-hydrogen) atoms.